The van der Waals surface area contributed by atoms with Gasteiger partial charge in [-0.2, -0.15) is 4.68 Å². The van der Waals surface area contributed by atoms with Crippen LogP contribution >= 0.6 is 11.3 Å². The number of carboxylic acids is 1. The van der Waals surface area contributed by atoms with Gasteiger partial charge in [-0.25, -0.2) is 4.79 Å². The van der Waals surface area contributed by atoms with Crippen LogP contribution in [0.25, 0.3) is 5.69 Å². The number of aromatic nitrogens is 4. The Kier molecular flexibility index (Phi) is 4.03. The summed E-state index contributed by atoms with van der Waals surface area (Å²) >= 11 is 1.20. The summed E-state index contributed by atoms with van der Waals surface area (Å²) in [5.41, 5.74) is -0.0890. The summed E-state index contributed by atoms with van der Waals surface area (Å²) in [4.78, 5) is 24.0. The van der Waals surface area contributed by atoms with Crippen LogP contribution in [0.15, 0.2) is 17.8 Å². The molecule has 0 aliphatic carbocycles. The normalized spacial score (nSPS) is 12.9. The van der Waals surface area contributed by atoms with Crippen LogP contribution in [0.3, 0.4) is 0 Å². The molecule has 2 N–H and O–H groups in total. The van der Waals surface area contributed by atoms with Crippen LogP contribution in [-0.4, -0.2) is 43.2 Å². The first-order chi connectivity index (χ1) is 9.80. The van der Waals surface area contributed by atoms with Gasteiger partial charge in [-0.05, 0) is 27.3 Å². The Balaban J connectivity index is 2.26. The summed E-state index contributed by atoms with van der Waals surface area (Å²) in [6.07, 6.45) is 1.37. The van der Waals surface area contributed by atoms with Crippen molar-refractivity contribution in [3.63, 3.8) is 0 Å². The highest BCUT2D eigenvalue weighted by Crippen LogP contribution is 2.23. The lowest BCUT2D eigenvalue weighted by Crippen LogP contribution is -2.49. The molecular formula is C12H15N5O3S. The molecular weight excluding hydrogens is 294 g/mol. The van der Waals surface area contributed by atoms with Crippen LogP contribution in [0.1, 0.15) is 30.4 Å². The maximum absolute atomic E-state index is 12.3. The van der Waals surface area contributed by atoms with Crippen LogP contribution < -0.4 is 5.32 Å². The maximum atomic E-state index is 12.3. The smallest absolute Gasteiger partial charge is 0.326 e. The van der Waals surface area contributed by atoms with Gasteiger partial charge in [-0.3, -0.25) is 4.79 Å². The lowest BCUT2D eigenvalue weighted by molar-refractivity contribution is -0.142. The van der Waals surface area contributed by atoms with Crippen molar-refractivity contribution in [2.24, 2.45) is 5.41 Å². The zero-order valence-corrected chi connectivity index (χ0v) is 12.6. The number of carboxylic acid groups (broad SMARTS) is 1. The minimum absolute atomic E-state index is 0.359. The van der Waals surface area contributed by atoms with Crippen molar-refractivity contribution in [1.82, 2.24) is 25.5 Å². The van der Waals surface area contributed by atoms with E-state index < -0.39 is 23.3 Å². The third-order valence-electron chi connectivity index (χ3n) is 2.83. The standard InChI is InChI=1S/C12H15N5O3S/c1-12(2,3)9(11(19)20)14-10(18)8-7(4-5-21-8)17-6-13-15-16-17/h4-6,9H,1-3H3,(H,14,18)(H,19,20)/t9-/m1/s1. The lowest BCUT2D eigenvalue weighted by Gasteiger charge is -2.27. The monoisotopic (exact) mass is 309 g/mol. The quantitative estimate of drug-likeness (QED) is 0.870. The van der Waals surface area contributed by atoms with E-state index in [1.807, 2.05) is 0 Å². The van der Waals surface area contributed by atoms with E-state index >= 15 is 0 Å². The first-order valence-electron chi connectivity index (χ1n) is 6.15. The Morgan fingerprint density at radius 2 is 2.14 bits per heavy atom. The van der Waals surface area contributed by atoms with Crippen LogP contribution in [-0.2, 0) is 4.79 Å². The third-order valence-corrected chi connectivity index (χ3v) is 3.74. The van der Waals surface area contributed by atoms with Gasteiger partial charge in [0, 0.05) is 0 Å². The van der Waals surface area contributed by atoms with E-state index in [0.29, 0.717) is 10.6 Å². The topological polar surface area (TPSA) is 110 Å². The molecule has 112 valence electrons. The summed E-state index contributed by atoms with van der Waals surface area (Å²) in [7, 11) is 0. The molecule has 0 saturated carbocycles. The number of hydrogen-bond donors (Lipinski definition) is 2. The Morgan fingerprint density at radius 1 is 1.43 bits per heavy atom. The van der Waals surface area contributed by atoms with Gasteiger partial charge in [-0.15, -0.1) is 16.4 Å². The minimum atomic E-state index is -1.07. The number of nitrogens with one attached hydrogen (secondary N) is 1. The molecule has 21 heavy (non-hydrogen) atoms. The molecule has 2 aromatic heterocycles. The largest absolute Gasteiger partial charge is 0.480 e. The molecule has 0 aliphatic heterocycles. The fourth-order valence-electron chi connectivity index (χ4n) is 1.77. The second-order valence-electron chi connectivity index (χ2n) is 5.50. The average molecular weight is 309 g/mol. The number of nitrogens with zero attached hydrogens (tertiary/aromatic N) is 4. The average Bonchev–Trinajstić information content (AvgIpc) is 3.02. The van der Waals surface area contributed by atoms with Gasteiger partial charge in [0.1, 0.15) is 17.2 Å². The molecule has 1 atom stereocenters. The van der Waals surface area contributed by atoms with Gasteiger partial charge >= 0.3 is 5.97 Å². The van der Waals surface area contributed by atoms with Crippen molar-refractivity contribution >= 4 is 23.2 Å². The molecule has 0 aliphatic rings. The minimum Gasteiger partial charge on any atom is -0.480 e. The first kappa shape index (κ1) is 15.1. The molecule has 2 rings (SSSR count). The Hall–Kier alpha value is -2.29. The molecule has 1 amide bonds. The fourth-order valence-corrected chi connectivity index (χ4v) is 2.55. The molecule has 0 unspecified atom stereocenters. The number of hydrogen-bond acceptors (Lipinski definition) is 6. The van der Waals surface area contributed by atoms with Crippen molar-refractivity contribution in [1.29, 1.82) is 0 Å². The predicted octanol–water partition coefficient (Wildman–Crippen LogP) is 0.953. The Bertz CT molecular complexity index is 644. The van der Waals surface area contributed by atoms with Gasteiger partial charge in [-0.1, -0.05) is 20.8 Å². The van der Waals surface area contributed by atoms with Crippen LogP contribution in [0.4, 0.5) is 0 Å². The maximum Gasteiger partial charge on any atom is 0.326 e. The van der Waals surface area contributed by atoms with Crippen LogP contribution in [0, 0.1) is 5.41 Å². The number of tetrazole rings is 1. The summed E-state index contributed by atoms with van der Waals surface area (Å²) in [6.45, 7) is 5.26. The molecule has 0 bridgehead atoms. The highest BCUT2D eigenvalue weighted by molar-refractivity contribution is 7.12. The first-order valence-corrected chi connectivity index (χ1v) is 7.03. The number of amides is 1. The molecule has 9 heteroatoms. The molecule has 2 heterocycles. The molecule has 0 aromatic carbocycles. The zero-order chi connectivity index (χ0) is 15.6. The number of carbonyl (C=O) groups is 2. The van der Waals surface area contributed by atoms with Crippen molar-refractivity contribution in [3.05, 3.63) is 22.7 Å². The van der Waals surface area contributed by atoms with E-state index in [0.717, 1.165) is 0 Å². The zero-order valence-electron chi connectivity index (χ0n) is 11.8. The fraction of sp³-hybridized carbons (Fsp3) is 0.417. The summed E-state index contributed by atoms with van der Waals surface area (Å²) in [5.74, 6) is -1.53. The van der Waals surface area contributed by atoms with E-state index in [4.69, 9.17) is 0 Å². The van der Waals surface area contributed by atoms with Gasteiger partial charge < -0.3 is 10.4 Å². The van der Waals surface area contributed by atoms with Crippen molar-refractivity contribution in [3.8, 4) is 5.69 Å². The van der Waals surface area contributed by atoms with Crippen molar-refractivity contribution in [2.75, 3.05) is 0 Å². The molecule has 2 aromatic rings. The summed E-state index contributed by atoms with van der Waals surface area (Å²) in [6, 6.07) is 0.705. The highest BCUT2D eigenvalue weighted by atomic mass is 32.1. The van der Waals surface area contributed by atoms with Crippen molar-refractivity contribution < 1.29 is 14.7 Å². The van der Waals surface area contributed by atoms with Crippen molar-refractivity contribution in [2.45, 2.75) is 26.8 Å². The second kappa shape index (κ2) is 5.60. The molecule has 0 fully saturated rings. The molecule has 8 nitrogen and oxygen atoms in total. The van der Waals surface area contributed by atoms with E-state index in [9.17, 15) is 14.7 Å². The van der Waals surface area contributed by atoms with E-state index in [2.05, 4.69) is 20.8 Å². The second-order valence-corrected chi connectivity index (χ2v) is 6.42. The van der Waals surface area contributed by atoms with E-state index in [1.165, 1.54) is 22.3 Å². The van der Waals surface area contributed by atoms with Crippen LogP contribution in [0.5, 0.6) is 0 Å². The van der Waals surface area contributed by atoms with Gasteiger partial charge in [0.2, 0.25) is 0 Å². The predicted molar refractivity (Wildman–Crippen MR) is 75.4 cm³/mol. The number of carbonyl (C=O) groups excluding carboxylic acids is 1. The van der Waals surface area contributed by atoms with Gasteiger partial charge in [0.15, 0.2) is 0 Å². The number of thiophene rings is 1. The Morgan fingerprint density at radius 3 is 2.67 bits per heavy atom. The summed E-state index contributed by atoms with van der Waals surface area (Å²) < 4.78 is 1.36. The van der Waals surface area contributed by atoms with Crippen LogP contribution in [0.2, 0.25) is 0 Å². The van der Waals surface area contributed by atoms with E-state index in [1.54, 1.807) is 32.2 Å². The Labute approximate surface area is 124 Å². The summed E-state index contributed by atoms with van der Waals surface area (Å²) in [5, 5.41) is 24.3. The molecule has 0 spiro atoms. The molecule has 0 radical (unpaired) electrons. The third kappa shape index (κ3) is 3.24. The van der Waals surface area contributed by atoms with Gasteiger partial charge in [0.25, 0.3) is 5.91 Å². The van der Waals surface area contributed by atoms with Gasteiger partial charge in [0.05, 0.1) is 5.69 Å². The highest BCUT2D eigenvalue weighted by Gasteiger charge is 2.33. The molecule has 0 saturated heterocycles. The SMILES string of the molecule is CC(C)(C)[C@H](NC(=O)c1sccc1-n1cnnn1)C(=O)O. The van der Waals surface area contributed by atoms with E-state index in [-0.39, 0.29) is 0 Å². The number of rotatable bonds is 4. The lowest BCUT2D eigenvalue weighted by atomic mass is 9.87. The number of aliphatic carboxylic acids is 1.